The second-order valence-corrected chi connectivity index (χ2v) is 9.41. The number of rotatable bonds is 4. The average molecular weight is 474 g/mol. The third-order valence-electron chi connectivity index (χ3n) is 7.09. The van der Waals surface area contributed by atoms with Crippen molar-refractivity contribution in [2.45, 2.75) is 25.7 Å². The first kappa shape index (κ1) is 22.2. The lowest BCUT2D eigenvalue weighted by molar-refractivity contribution is 0.0706. The van der Waals surface area contributed by atoms with Gasteiger partial charge in [0.05, 0.1) is 5.69 Å². The predicted molar refractivity (Wildman–Crippen MR) is 142 cm³/mol. The number of piperidine rings is 1. The normalized spacial score (nSPS) is 15.8. The summed E-state index contributed by atoms with van der Waals surface area (Å²) < 4.78 is 0. The van der Waals surface area contributed by atoms with Gasteiger partial charge in [0.1, 0.15) is 0 Å². The van der Waals surface area contributed by atoms with Gasteiger partial charge in [0.2, 0.25) is 0 Å². The molecule has 2 aromatic carbocycles. The fourth-order valence-corrected chi connectivity index (χ4v) is 5.18. The number of aromatic amines is 1. The second kappa shape index (κ2) is 9.38. The van der Waals surface area contributed by atoms with Gasteiger partial charge >= 0.3 is 0 Å². The Balaban J connectivity index is 1.37. The summed E-state index contributed by atoms with van der Waals surface area (Å²) in [5.41, 5.74) is 6.99. The Morgan fingerprint density at radius 1 is 1.03 bits per heavy atom. The Morgan fingerprint density at radius 2 is 1.89 bits per heavy atom. The highest BCUT2D eigenvalue weighted by Gasteiger charge is 2.29. The van der Waals surface area contributed by atoms with Gasteiger partial charge in [-0.25, -0.2) is 9.97 Å². The molecule has 1 N–H and O–H groups in total. The lowest BCUT2D eigenvalue weighted by Gasteiger charge is -2.33. The van der Waals surface area contributed by atoms with Crippen molar-refractivity contribution in [2.75, 3.05) is 13.1 Å². The summed E-state index contributed by atoms with van der Waals surface area (Å²) >= 11 is 0. The van der Waals surface area contributed by atoms with Crippen LogP contribution in [0, 0.1) is 6.92 Å². The molecule has 3 aromatic heterocycles. The van der Waals surface area contributed by atoms with Crippen LogP contribution in [0.2, 0.25) is 0 Å². The molecule has 0 aliphatic carbocycles. The van der Waals surface area contributed by atoms with Gasteiger partial charge in [-0.05, 0) is 66.6 Å². The minimum absolute atomic E-state index is 0.0667. The molecule has 0 bridgehead atoms. The first-order chi connectivity index (χ1) is 17.7. The zero-order valence-corrected chi connectivity index (χ0v) is 20.2. The molecule has 0 unspecified atom stereocenters. The van der Waals surface area contributed by atoms with Crippen molar-refractivity contribution in [2.24, 2.45) is 0 Å². The first-order valence-electron chi connectivity index (χ1n) is 12.4. The molecule has 178 valence electrons. The van der Waals surface area contributed by atoms with E-state index in [1.165, 1.54) is 5.56 Å². The molecule has 0 saturated carbocycles. The van der Waals surface area contributed by atoms with Crippen LogP contribution in [0.4, 0.5) is 0 Å². The summed E-state index contributed by atoms with van der Waals surface area (Å²) in [7, 11) is 0. The van der Waals surface area contributed by atoms with Gasteiger partial charge in [-0.1, -0.05) is 30.3 Å². The fraction of sp³-hybridized carbons (Fsp3) is 0.200. The molecule has 1 atom stereocenters. The molecule has 5 aromatic rings. The largest absolute Gasteiger partial charge is 0.361 e. The van der Waals surface area contributed by atoms with Crippen LogP contribution in [0.25, 0.3) is 33.4 Å². The van der Waals surface area contributed by atoms with E-state index in [2.05, 4.69) is 35.1 Å². The minimum atomic E-state index is 0.0667. The van der Waals surface area contributed by atoms with Crippen molar-refractivity contribution < 1.29 is 4.79 Å². The number of fused-ring (bicyclic) bond motifs is 1. The lowest BCUT2D eigenvalue weighted by Crippen LogP contribution is -2.39. The van der Waals surface area contributed by atoms with Crippen LogP contribution in [-0.2, 0) is 0 Å². The highest BCUT2D eigenvalue weighted by molar-refractivity contribution is 5.98. The molecule has 1 aliphatic heterocycles. The van der Waals surface area contributed by atoms with Crippen molar-refractivity contribution >= 4 is 16.8 Å². The lowest BCUT2D eigenvalue weighted by atomic mass is 9.88. The highest BCUT2D eigenvalue weighted by Crippen LogP contribution is 2.36. The molecule has 0 radical (unpaired) electrons. The Morgan fingerprint density at radius 3 is 2.75 bits per heavy atom. The zero-order valence-electron chi connectivity index (χ0n) is 20.2. The van der Waals surface area contributed by atoms with Gasteiger partial charge in [0, 0.05) is 66.0 Å². The van der Waals surface area contributed by atoms with Crippen molar-refractivity contribution in [1.29, 1.82) is 0 Å². The second-order valence-electron chi connectivity index (χ2n) is 9.41. The van der Waals surface area contributed by atoms with Crippen LogP contribution in [0.5, 0.6) is 0 Å². The van der Waals surface area contributed by atoms with E-state index in [0.717, 1.165) is 52.7 Å². The number of carbonyl (C=O) groups is 1. The number of amides is 1. The monoisotopic (exact) mass is 473 g/mol. The minimum Gasteiger partial charge on any atom is -0.361 e. The molecule has 0 spiro atoms. The van der Waals surface area contributed by atoms with E-state index in [0.29, 0.717) is 17.9 Å². The molecule has 1 saturated heterocycles. The molecule has 1 fully saturated rings. The van der Waals surface area contributed by atoms with Gasteiger partial charge in [-0.15, -0.1) is 0 Å². The molecular weight excluding hydrogens is 446 g/mol. The number of hydrogen-bond acceptors (Lipinski definition) is 4. The summed E-state index contributed by atoms with van der Waals surface area (Å²) in [6.45, 7) is 3.50. The van der Waals surface area contributed by atoms with E-state index >= 15 is 0 Å². The van der Waals surface area contributed by atoms with Gasteiger partial charge in [0.15, 0.2) is 5.82 Å². The number of hydrogen-bond donors (Lipinski definition) is 1. The molecule has 36 heavy (non-hydrogen) atoms. The molecule has 6 heteroatoms. The van der Waals surface area contributed by atoms with Gasteiger partial charge < -0.3 is 9.88 Å². The van der Waals surface area contributed by atoms with E-state index in [1.54, 1.807) is 12.4 Å². The van der Waals surface area contributed by atoms with Crippen LogP contribution in [0.15, 0.2) is 85.5 Å². The number of nitrogens with one attached hydrogen (secondary N) is 1. The molecular formula is C30H27N5O. The standard InChI is InChI=1S/C30H27N5O/c1-20-5-2-3-7-25(20)26-18-33-29(22-10-13-31-14-11-22)34-28(26)24-6-4-16-35(19-24)30(36)23-9-8-21-12-15-32-27(21)17-23/h2-3,5,7-15,17-18,24,32H,4,6,16,19H2,1H3/t24-/m1/s1. The van der Waals surface area contributed by atoms with Crippen LogP contribution in [0.1, 0.15) is 40.4 Å². The quantitative estimate of drug-likeness (QED) is 0.347. The van der Waals surface area contributed by atoms with Gasteiger partial charge in [-0.2, -0.15) is 0 Å². The van der Waals surface area contributed by atoms with E-state index < -0.39 is 0 Å². The average Bonchev–Trinajstić information content (AvgIpc) is 3.41. The maximum Gasteiger partial charge on any atom is 0.253 e. The summed E-state index contributed by atoms with van der Waals surface area (Å²) in [6.07, 6.45) is 9.28. The van der Waals surface area contributed by atoms with Crippen molar-refractivity contribution in [3.63, 3.8) is 0 Å². The van der Waals surface area contributed by atoms with Crippen LogP contribution in [0.3, 0.4) is 0 Å². The zero-order chi connectivity index (χ0) is 24.5. The molecule has 6 rings (SSSR count). The van der Waals surface area contributed by atoms with Crippen LogP contribution in [-0.4, -0.2) is 43.8 Å². The van der Waals surface area contributed by atoms with E-state index in [4.69, 9.17) is 9.97 Å². The number of pyridine rings is 1. The summed E-state index contributed by atoms with van der Waals surface area (Å²) in [4.78, 5) is 32.7. The number of nitrogens with zero attached hydrogens (tertiary/aromatic N) is 4. The Hall–Kier alpha value is -4.32. The van der Waals surface area contributed by atoms with Crippen molar-refractivity contribution in [3.8, 4) is 22.5 Å². The molecule has 1 aliphatic rings. The van der Waals surface area contributed by atoms with Crippen LogP contribution >= 0.6 is 0 Å². The molecule has 6 nitrogen and oxygen atoms in total. The van der Waals surface area contributed by atoms with Gasteiger partial charge in [0.25, 0.3) is 5.91 Å². The van der Waals surface area contributed by atoms with Crippen LogP contribution < -0.4 is 0 Å². The topological polar surface area (TPSA) is 74.8 Å². The number of H-pyrrole nitrogens is 1. The number of carbonyl (C=O) groups excluding carboxylic acids is 1. The molecule has 1 amide bonds. The highest BCUT2D eigenvalue weighted by atomic mass is 16.2. The first-order valence-corrected chi connectivity index (χ1v) is 12.4. The summed E-state index contributed by atoms with van der Waals surface area (Å²) in [6, 6.07) is 20.1. The smallest absolute Gasteiger partial charge is 0.253 e. The maximum absolute atomic E-state index is 13.5. The Kier molecular flexibility index (Phi) is 5.77. The Labute approximate surface area is 210 Å². The Bertz CT molecular complexity index is 1540. The number of benzene rings is 2. The number of aromatic nitrogens is 4. The third kappa shape index (κ3) is 4.15. The SMILES string of the molecule is Cc1ccccc1-c1cnc(-c2ccncc2)nc1[C@@H]1CCCN(C(=O)c2ccc3cc[nH]c3c2)C1. The van der Waals surface area contributed by atoms with Crippen molar-refractivity contribution in [3.05, 3.63) is 102 Å². The number of likely N-dealkylation sites (tertiary alicyclic amines) is 1. The van der Waals surface area contributed by atoms with E-state index in [9.17, 15) is 4.79 Å². The summed E-state index contributed by atoms with van der Waals surface area (Å²) in [5, 5.41) is 1.11. The number of aryl methyl sites for hydroxylation is 1. The summed E-state index contributed by atoms with van der Waals surface area (Å²) in [5.74, 6) is 0.873. The van der Waals surface area contributed by atoms with Gasteiger partial charge in [-0.3, -0.25) is 9.78 Å². The van der Waals surface area contributed by atoms with E-state index in [1.807, 2.05) is 59.8 Å². The van der Waals surface area contributed by atoms with Crippen molar-refractivity contribution in [1.82, 2.24) is 24.8 Å². The third-order valence-corrected chi connectivity index (χ3v) is 7.09. The maximum atomic E-state index is 13.5. The van der Waals surface area contributed by atoms with E-state index in [-0.39, 0.29) is 11.8 Å². The fourth-order valence-electron chi connectivity index (χ4n) is 5.18. The predicted octanol–water partition coefficient (Wildman–Crippen LogP) is 6.02. The molecule has 4 heterocycles.